The molecule has 0 radical (unpaired) electrons. The van der Waals surface area contributed by atoms with Gasteiger partial charge in [0, 0.05) is 81.5 Å². The van der Waals surface area contributed by atoms with Gasteiger partial charge in [0.25, 0.3) is 11.8 Å². The fourth-order valence-electron chi connectivity index (χ4n) is 6.92. The molecule has 0 spiro atoms. The number of fused-ring (bicyclic) bond motifs is 4. The minimum absolute atomic E-state index is 0.0901. The van der Waals surface area contributed by atoms with Gasteiger partial charge in [-0.2, -0.15) is 0 Å². The quantitative estimate of drug-likeness (QED) is 0.0615. The minimum atomic E-state index is -0.700. The van der Waals surface area contributed by atoms with Crippen LogP contribution in [-0.2, 0) is 14.2 Å². The van der Waals surface area contributed by atoms with Crippen LogP contribution in [-0.4, -0.2) is 127 Å². The molecule has 0 saturated carbocycles. The zero-order valence-corrected chi connectivity index (χ0v) is 35.9. The number of aliphatic hydroxyl groups is 1. The summed E-state index contributed by atoms with van der Waals surface area (Å²) < 4.78 is 29.1. The molecule has 3 heterocycles. The number of nitrogens with one attached hydrogen (secondary N) is 1. The maximum absolute atomic E-state index is 14.4. The molecular formula is C44H51ClN6O10. The number of nitrogens with zero attached hydrogens (tertiary/aromatic N) is 5. The molecule has 0 saturated heterocycles. The lowest BCUT2D eigenvalue weighted by atomic mass is 9.92. The molecule has 2 aromatic heterocycles. The first kappa shape index (κ1) is 44.6. The summed E-state index contributed by atoms with van der Waals surface area (Å²) in [5, 5.41) is 13.6. The van der Waals surface area contributed by atoms with Crippen molar-refractivity contribution in [2.45, 2.75) is 39.2 Å². The van der Waals surface area contributed by atoms with E-state index in [0.29, 0.717) is 33.7 Å². The second kappa shape index (κ2) is 19.6. The maximum atomic E-state index is 14.4. The number of methoxy groups -OCH3 is 1. The number of aromatic nitrogens is 2. The number of imidazole rings is 1. The van der Waals surface area contributed by atoms with Crippen LogP contribution in [0.3, 0.4) is 0 Å². The van der Waals surface area contributed by atoms with Crippen molar-refractivity contribution < 1.29 is 48.0 Å². The Bertz CT molecular complexity index is 2380. The zero-order chi connectivity index (χ0) is 43.8. The van der Waals surface area contributed by atoms with Gasteiger partial charge in [-0.25, -0.2) is 14.6 Å². The van der Waals surface area contributed by atoms with E-state index in [1.807, 2.05) is 25.1 Å². The number of ether oxygens (including phenoxy) is 5. The van der Waals surface area contributed by atoms with Gasteiger partial charge in [-0.3, -0.25) is 9.59 Å². The first-order valence-corrected chi connectivity index (χ1v) is 20.3. The van der Waals surface area contributed by atoms with Gasteiger partial charge in [0.1, 0.15) is 28.4 Å². The number of pyridine rings is 1. The Labute approximate surface area is 358 Å². The molecule has 16 nitrogen and oxygen atoms in total. The van der Waals surface area contributed by atoms with Gasteiger partial charge in [0.2, 0.25) is 0 Å². The lowest BCUT2D eigenvalue weighted by Crippen LogP contribution is -2.43. The van der Waals surface area contributed by atoms with Crippen LogP contribution in [0, 0.1) is 6.92 Å². The Balaban J connectivity index is 1.26. The minimum Gasteiger partial charge on any atom is -0.468 e. The molecule has 2 N–H and O–H groups in total. The van der Waals surface area contributed by atoms with Crippen LogP contribution >= 0.6 is 11.6 Å². The van der Waals surface area contributed by atoms with E-state index >= 15 is 0 Å². The Hall–Kier alpha value is -5.94. The summed E-state index contributed by atoms with van der Waals surface area (Å²) in [6.07, 6.45) is 2.03. The molecule has 1 aliphatic heterocycles. The molecule has 1 aliphatic rings. The van der Waals surface area contributed by atoms with Crippen LogP contribution < -0.4 is 19.7 Å². The molecule has 4 amide bonds. The number of alkyl halides is 1. The molecular weight excluding hydrogens is 808 g/mol. The molecule has 0 bridgehead atoms. The highest BCUT2D eigenvalue weighted by Gasteiger charge is 2.37. The zero-order valence-electron chi connectivity index (χ0n) is 35.1. The molecule has 1 atom stereocenters. The summed E-state index contributed by atoms with van der Waals surface area (Å²) in [5.74, 6) is 0.0526. The number of carbonyl (C=O) groups excluding carboxylic acids is 4. The van der Waals surface area contributed by atoms with E-state index in [1.165, 1.54) is 16.9 Å². The number of benzene rings is 3. The summed E-state index contributed by atoms with van der Waals surface area (Å²) in [5.41, 5.74) is 3.15. The average Bonchev–Trinajstić information content (AvgIpc) is 3.83. The Morgan fingerprint density at radius 2 is 1.75 bits per heavy atom. The van der Waals surface area contributed by atoms with E-state index in [1.54, 1.807) is 92.0 Å². The van der Waals surface area contributed by atoms with Gasteiger partial charge in [-0.15, -0.1) is 11.6 Å². The second-order valence-electron chi connectivity index (χ2n) is 15.5. The number of rotatable bonds is 16. The number of amides is 4. The number of likely N-dealkylation sites (N-methyl/N-ethyl adjacent to an activating group) is 1. The summed E-state index contributed by atoms with van der Waals surface area (Å²) in [6.45, 7) is 7.98. The molecule has 0 aliphatic carbocycles. The Morgan fingerprint density at radius 3 is 2.46 bits per heavy atom. The number of halogens is 1. The van der Waals surface area contributed by atoms with E-state index in [-0.39, 0.29) is 81.9 Å². The summed E-state index contributed by atoms with van der Waals surface area (Å²) in [4.78, 5) is 63.2. The number of aliphatic hydroxyl groups excluding tert-OH is 1. The van der Waals surface area contributed by atoms with Crippen molar-refractivity contribution >= 4 is 63.4 Å². The third-order valence-electron chi connectivity index (χ3n) is 9.88. The Kier molecular flexibility index (Phi) is 14.4. The topological polar surface area (TPSA) is 174 Å². The highest BCUT2D eigenvalue weighted by molar-refractivity contribution is 6.19. The molecule has 0 fully saturated rings. The lowest BCUT2D eigenvalue weighted by Gasteiger charge is -2.28. The third kappa shape index (κ3) is 10.7. The predicted molar refractivity (Wildman–Crippen MR) is 230 cm³/mol. The fourth-order valence-corrected chi connectivity index (χ4v) is 7.18. The smallest absolute Gasteiger partial charge is 0.415 e. The summed E-state index contributed by atoms with van der Waals surface area (Å²) >= 11 is 6.59. The third-order valence-corrected chi connectivity index (χ3v) is 10.3. The van der Waals surface area contributed by atoms with E-state index in [0.717, 1.165) is 16.5 Å². The van der Waals surface area contributed by atoms with Gasteiger partial charge in [0.05, 0.1) is 31.2 Å². The predicted octanol–water partition coefficient (Wildman–Crippen LogP) is 6.69. The number of aryl methyl sites for hydroxylation is 1. The number of hydrogen-bond donors (Lipinski definition) is 2. The number of anilines is 2. The van der Waals surface area contributed by atoms with Crippen LogP contribution in [0.1, 0.15) is 58.7 Å². The Morgan fingerprint density at radius 1 is 0.984 bits per heavy atom. The van der Waals surface area contributed by atoms with E-state index in [2.05, 4.69) is 10.3 Å². The van der Waals surface area contributed by atoms with E-state index in [9.17, 15) is 24.3 Å². The van der Waals surface area contributed by atoms with Gasteiger partial charge >= 0.3 is 12.2 Å². The van der Waals surface area contributed by atoms with Crippen molar-refractivity contribution in [2.24, 2.45) is 0 Å². The molecule has 3 aromatic carbocycles. The van der Waals surface area contributed by atoms with E-state index in [4.69, 9.17) is 35.3 Å². The van der Waals surface area contributed by atoms with Crippen LogP contribution in [0.15, 0.2) is 73.1 Å². The van der Waals surface area contributed by atoms with E-state index < -0.39 is 23.7 Å². The van der Waals surface area contributed by atoms with Gasteiger partial charge in [-0.05, 0) is 80.6 Å². The summed E-state index contributed by atoms with van der Waals surface area (Å²) in [6, 6.07) is 17.4. The van der Waals surface area contributed by atoms with Gasteiger partial charge in [0.15, 0.2) is 6.79 Å². The monoisotopic (exact) mass is 858 g/mol. The van der Waals surface area contributed by atoms with Crippen molar-refractivity contribution in [3.63, 3.8) is 0 Å². The SMILES string of the molecule is COCOc1ccc(C(=O)Nc2ccc3nc(C(=O)N4C[C@@H](CCl)c5c4cc(OC(=O)N(CCOCCO)CCN(C)C(=O)OC(C)(C)C)c4cccc(C)c54)cn3c2)cc1. The molecule has 61 heavy (non-hydrogen) atoms. The van der Waals surface area contributed by atoms with Gasteiger partial charge in [-0.1, -0.05) is 18.2 Å². The van der Waals surface area contributed by atoms with Crippen molar-refractivity contribution in [1.82, 2.24) is 19.2 Å². The van der Waals surface area contributed by atoms with Crippen molar-refractivity contribution in [3.05, 3.63) is 95.4 Å². The molecule has 6 rings (SSSR count). The van der Waals surface area contributed by atoms with Crippen LogP contribution in [0.5, 0.6) is 11.5 Å². The highest BCUT2D eigenvalue weighted by atomic mass is 35.5. The van der Waals surface area contributed by atoms with Crippen molar-refractivity contribution in [1.29, 1.82) is 0 Å². The maximum Gasteiger partial charge on any atom is 0.415 e. The standard InChI is InChI=1S/C44H51ClN6O10/c1-28-8-7-9-33-36(60-43(56)49(18-20-58-21-19-52)17-16-48(5)42(55)61-44(2,3)4)22-35-39(38(28)33)30(23-45)24-51(35)41(54)34-26-50-25-31(12-15-37(50)47-34)46-40(53)29-10-13-32(14-11-29)59-27-57-6/h7-15,22,25-26,30,52H,16-21,23-24,27H2,1-6H3,(H,46,53)/t30-/m1/s1. The molecule has 0 unspecified atom stereocenters. The summed E-state index contributed by atoms with van der Waals surface area (Å²) in [7, 11) is 3.10. The number of hydrogen-bond acceptors (Lipinski definition) is 11. The van der Waals surface area contributed by atoms with Gasteiger partial charge < -0.3 is 53.2 Å². The molecule has 324 valence electrons. The van der Waals surface area contributed by atoms with Crippen molar-refractivity contribution in [2.75, 3.05) is 83.0 Å². The highest BCUT2D eigenvalue weighted by Crippen LogP contribution is 2.47. The second-order valence-corrected chi connectivity index (χ2v) is 15.8. The first-order valence-electron chi connectivity index (χ1n) is 19.8. The van der Waals surface area contributed by atoms with Crippen LogP contribution in [0.25, 0.3) is 16.4 Å². The number of carbonyl (C=O) groups is 4. The largest absolute Gasteiger partial charge is 0.468 e. The van der Waals surface area contributed by atoms with Crippen LogP contribution in [0.4, 0.5) is 21.0 Å². The lowest BCUT2D eigenvalue weighted by molar-refractivity contribution is 0.0273. The normalized spacial score (nSPS) is 13.6. The fraction of sp³-hybridized carbons (Fsp3) is 0.386. The molecule has 5 aromatic rings. The molecule has 17 heteroatoms. The average molecular weight is 859 g/mol. The van der Waals surface area contributed by atoms with Crippen LogP contribution in [0.2, 0.25) is 0 Å². The first-order chi connectivity index (χ1) is 29.2. The van der Waals surface area contributed by atoms with Crippen molar-refractivity contribution in [3.8, 4) is 11.5 Å².